The Morgan fingerprint density at radius 2 is 2.24 bits per heavy atom. The van der Waals surface area contributed by atoms with Gasteiger partial charge in [0, 0.05) is 13.1 Å². The molecule has 0 spiro atoms. The first kappa shape index (κ1) is 14.5. The summed E-state index contributed by atoms with van der Waals surface area (Å²) in [7, 11) is 1.73. The van der Waals surface area contributed by atoms with E-state index in [0.717, 1.165) is 19.5 Å². The second-order valence-corrected chi connectivity index (χ2v) is 5.58. The number of hydrogen-bond donors (Lipinski definition) is 2. The van der Waals surface area contributed by atoms with Crippen LogP contribution in [0.3, 0.4) is 0 Å². The zero-order valence-corrected chi connectivity index (χ0v) is 11.3. The monoisotopic (exact) mass is 242 g/mol. The second kappa shape index (κ2) is 6.97. The summed E-state index contributed by atoms with van der Waals surface area (Å²) in [6, 6.07) is -0.390. The molecule has 0 bridgehead atoms. The van der Waals surface area contributed by atoms with E-state index in [9.17, 15) is 4.79 Å². The van der Waals surface area contributed by atoms with Gasteiger partial charge in [0.1, 0.15) is 6.04 Å². The lowest BCUT2D eigenvalue weighted by atomic mass is 9.91. The van der Waals surface area contributed by atoms with Crippen LogP contribution in [-0.2, 0) is 4.79 Å². The van der Waals surface area contributed by atoms with Gasteiger partial charge in [0.15, 0.2) is 0 Å². The fraction of sp³-hybridized carbons (Fsp3) is 0.923. The Hall–Kier alpha value is -0.610. The zero-order chi connectivity index (χ0) is 12.8. The number of carboxylic acids is 1. The highest BCUT2D eigenvalue weighted by molar-refractivity contribution is 5.73. The van der Waals surface area contributed by atoms with Crippen LogP contribution in [0.2, 0.25) is 0 Å². The third-order valence-corrected chi connectivity index (χ3v) is 3.44. The zero-order valence-electron chi connectivity index (χ0n) is 11.3. The number of carbonyl (C=O) groups is 1. The van der Waals surface area contributed by atoms with Crippen LogP contribution < -0.4 is 5.32 Å². The van der Waals surface area contributed by atoms with Crippen molar-refractivity contribution < 1.29 is 9.90 Å². The Bertz CT molecular complexity index is 244. The van der Waals surface area contributed by atoms with Gasteiger partial charge < -0.3 is 15.3 Å². The molecule has 100 valence electrons. The molecule has 4 nitrogen and oxygen atoms in total. The first-order valence-corrected chi connectivity index (χ1v) is 6.65. The standard InChI is InChI=1S/C13H26N2O2/c1-10(2)8-15-6-4-5-11(9-15)7-12(14-3)13(16)17/h10-12,14H,4-9H2,1-3H3,(H,16,17). The molecule has 4 heteroatoms. The van der Waals surface area contributed by atoms with E-state index in [2.05, 4.69) is 24.1 Å². The van der Waals surface area contributed by atoms with Gasteiger partial charge in [-0.05, 0) is 44.7 Å². The molecule has 0 aromatic carbocycles. The highest BCUT2D eigenvalue weighted by Gasteiger charge is 2.25. The number of nitrogens with zero attached hydrogens (tertiary/aromatic N) is 1. The van der Waals surface area contributed by atoms with Crippen LogP contribution in [0.1, 0.15) is 33.1 Å². The molecule has 0 amide bonds. The van der Waals surface area contributed by atoms with E-state index < -0.39 is 5.97 Å². The predicted octanol–water partition coefficient (Wildman–Crippen LogP) is 1.42. The molecule has 1 rings (SSSR count). The molecule has 2 atom stereocenters. The lowest BCUT2D eigenvalue weighted by Crippen LogP contribution is -2.42. The van der Waals surface area contributed by atoms with E-state index in [1.807, 2.05) is 0 Å². The fourth-order valence-electron chi connectivity index (χ4n) is 2.70. The van der Waals surface area contributed by atoms with Gasteiger partial charge in [0.25, 0.3) is 0 Å². The smallest absolute Gasteiger partial charge is 0.320 e. The lowest BCUT2D eigenvalue weighted by molar-refractivity contribution is -0.139. The van der Waals surface area contributed by atoms with Crippen molar-refractivity contribution in [3.63, 3.8) is 0 Å². The number of aliphatic carboxylic acids is 1. The fourth-order valence-corrected chi connectivity index (χ4v) is 2.70. The van der Waals surface area contributed by atoms with Gasteiger partial charge in [-0.1, -0.05) is 13.8 Å². The van der Waals surface area contributed by atoms with Gasteiger partial charge in [-0.15, -0.1) is 0 Å². The van der Waals surface area contributed by atoms with E-state index in [1.165, 1.54) is 19.4 Å². The summed E-state index contributed by atoms with van der Waals surface area (Å²) in [5, 5.41) is 11.9. The number of rotatable bonds is 6. The van der Waals surface area contributed by atoms with Gasteiger partial charge in [-0.2, -0.15) is 0 Å². The number of piperidine rings is 1. The maximum Gasteiger partial charge on any atom is 0.320 e. The van der Waals surface area contributed by atoms with Crippen molar-refractivity contribution in [3.8, 4) is 0 Å². The van der Waals surface area contributed by atoms with Crippen molar-refractivity contribution >= 4 is 5.97 Å². The molecule has 0 saturated carbocycles. The third-order valence-electron chi connectivity index (χ3n) is 3.44. The van der Waals surface area contributed by atoms with E-state index in [4.69, 9.17) is 5.11 Å². The number of likely N-dealkylation sites (tertiary alicyclic amines) is 1. The molecule has 1 fully saturated rings. The Labute approximate surface area is 104 Å². The van der Waals surface area contributed by atoms with Gasteiger partial charge in [0.2, 0.25) is 0 Å². The summed E-state index contributed by atoms with van der Waals surface area (Å²) >= 11 is 0. The Kier molecular flexibility index (Phi) is 5.92. The van der Waals surface area contributed by atoms with Crippen LogP contribution in [0.5, 0.6) is 0 Å². The van der Waals surface area contributed by atoms with Crippen molar-refractivity contribution in [1.29, 1.82) is 0 Å². The highest BCUT2D eigenvalue weighted by atomic mass is 16.4. The average molecular weight is 242 g/mol. The molecule has 0 aromatic heterocycles. The van der Waals surface area contributed by atoms with Gasteiger partial charge in [0.05, 0.1) is 0 Å². The van der Waals surface area contributed by atoms with Crippen LogP contribution in [0, 0.1) is 11.8 Å². The quantitative estimate of drug-likeness (QED) is 0.739. The molecule has 1 heterocycles. The van der Waals surface area contributed by atoms with Crippen molar-refractivity contribution in [2.75, 3.05) is 26.7 Å². The van der Waals surface area contributed by atoms with Crippen molar-refractivity contribution in [1.82, 2.24) is 10.2 Å². The minimum Gasteiger partial charge on any atom is -0.480 e. The highest BCUT2D eigenvalue weighted by Crippen LogP contribution is 2.21. The molecule has 0 radical (unpaired) electrons. The molecular formula is C13H26N2O2. The molecule has 2 unspecified atom stereocenters. The molecule has 0 aromatic rings. The largest absolute Gasteiger partial charge is 0.480 e. The summed E-state index contributed by atoms with van der Waals surface area (Å²) in [4.78, 5) is 13.5. The summed E-state index contributed by atoms with van der Waals surface area (Å²) in [5.41, 5.74) is 0. The van der Waals surface area contributed by atoms with Crippen molar-refractivity contribution in [2.45, 2.75) is 39.2 Å². The Morgan fingerprint density at radius 1 is 1.53 bits per heavy atom. The molecule has 1 aliphatic heterocycles. The summed E-state index contributed by atoms with van der Waals surface area (Å²) in [5.74, 6) is 0.484. The number of likely N-dealkylation sites (N-methyl/N-ethyl adjacent to an activating group) is 1. The molecule has 0 aliphatic carbocycles. The normalized spacial score (nSPS) is 23.9. The maximum absolute atomic E-state index is 11.0. The second-order valence-electron chi connectivity index (χ2n) is 5.58. The summed E-state index contributed by atoms with van der Waals surface area (Å²) in [6.45, 7) is 7.83. The first-order chi connectivity index (χ1) is 8.02. The van der Waals surface area contributed by atoms with Crippen LogP contribution in [0.4, 0.5) is 0 Å². The average Bonchev–Trinajstić information content (AvgIpc) is 2.25. The molecule has 1 saturated heterocycles. The minimum absolute atomic E-state index is 0.390. The van der Waals surface area contributed by atoms with Gasteiger partial charge in [-0.3, -0.25) is 4.79 Å². The maximum atomic E-state index is 11.0. The SMILES string of the molecule is CNC(CC1CCCN(CC(C)C)C1)C(=O)O. The summed E-state index contributed by atoms with van der Waals surface area (Å²) in [6.07, 6.45) is 3.12. The van der Waals surface area contributed by atoms with Crippen LogP contribution >= 0.6 is 0 Å². The number of nitrogens with one attached hydrogen (secondary N) is 1. The Morgan fingerprint density at radius 3 is 2.76 bits per heavy atom. The summed E-state index contributed by atoms with van der Waals surface area (Å²) < 4.78 is 0. The van der Waals surface area contributed by atoms with E-state index in [-0.39, 0.29) is 6.04 Å². The third kappa shape index (κ3) is 5.04. The molecular weight excluding hydrogens is 216 g/mol. The van der Waals surface area contributed by atoms with E-state index >= 15 is 0 Å². The first-order valence-electron chi connectivity index (χ1n) is 6.65. The van der Waals surface area contributed by atoms with Crippen molar-refractivity contribution in [2.24, 2.45) is 11.8 Å². The lowest BCUT2D eigenvalue weighted by Gasteiger charge is -2.34. The van der Waals surface area contributed by atoms with Gasteiger partial charge in [-0.25, -0.2) is 0 Å². The topological polar surface area (TPSA) is 52.6 Å². The number of carboxylic acid groups (broad SMARTS) is 1. The van der Waals surface area contributed by atoms with Crippen LogP contribution in [0.15, 0.2) is 0 Å². The minimum atomic E-state index is -0.728. The van der Waals surface area contributed by atoms with E-state index in [0.29, 0.717) is 11.8 Å². The van der Waals surface area contributed by atoms with E-state index in [1.54, 1.807) is 7.05 Å². The molecule has 1 aliphatic rings. The predicted molar refractivity (Wildman–Crippen MR) is 69.1 cm³/mol. The molecule has 2 N–H and O–H groups in total. The Balaban J connectivity index is 2.40. The van der Waals surface area contributed by atoms with Crippen LogP contribution in [0.25, 0.3) is 0 Å². The number of hydrogen-bond acceptors (Lipinski definition) is 3. The van der Waals surface area contributed by atoms with Crippen molar-refractivity contribution in [3.05, 3.63) is 0 Å². The van der Waals surface area contributed by atoms with Crippen LogP contribution in [-0.4, -0.2) is 48.7 Å². The molecule has 17 heavy (non-hydrogen) atoms. The van der Waals surface area contributed by atoms with Gasteiger partial charge >= 0.3 is 5.97 Å².